The molecule has 2 unspecified atom stereocenters. The van der Waals surface area contributed by atoms with Crippen LogP contribution in [0.3, 0.4) is 0 Å². The molecule has 0 saturated carbocycles. The Morgan fingerprint density at radius 2 is 1.83 bits per heavy atom. The number of amides is 4. The van der Waals surface area contributed by atoms with Crippen molar-refractivity contribution in [3.8, 4) is 11.1 Å². The third-order valence-electron chi connectivity index (χ3n) is 7.76. The molecule has 3 saturated heterocycles. The molecule has 0 aliphatic carbocycles. The first-order chi connectivity index (χ1) is 19.9. The summed E-state index contributed by atoms with van der Waals surface area (Å²) in [5.74, 6) is 0.153. The number of hydrogen-bond acceptors (Lipinski definition) is 6. The molecule has 3 aliphatic heterocycles. The highest BCUT2D eigenvalue weighted by Gasteiger charge is 2.37. The summed E-state index contributed by atoms with van der Waals surface area (Å²) in [6, 6.07) is 8.01. The molecule has 14 heteroatoms. The highest BCUT2D eigenvalue weighted by atomic mass is 19.4. The van der Waals surface area contributed by atoms with Crippen molar-refractivity contribution in [2.75, 3.05) is 61.1 Å². The smallest absolute Gasteiger partial charge is 0.404 e. The average Bonchev–Trinajstić information content (AvgIpc) is 3.54. The zero-order valence-corrected chi connectivity index (χ0v) is 23.1. The predicted octanol–water partition coefficient (Wildman–Crippen LogP) is 4.07. The standard InChI is InChI=1S/C28H33F3N6O5/c1-17-2-3-20(32-26(39)36-5-4-18(15-36)14-28(29,30)31)12-22(17)19-10-23(35-6-8-42-9-7-35)34-24(11-19)37-16-21(13-25(37)38)33-27(40)41/h2-3,10-12,18,21,33H,4-9,13-16H2,1H3,(H,32,39)(H,40,41). The second-order valence-electron chi connectivity index (χ2n) is 10.9. The summed E-state index contributed by atoms with van der Waals surface area (Å²) >= 11 is 0. The fourth-order valence-corrected chi connectivity index (χ4v) is 5.67. The van der Waals surface area contributed by atoms with Crippen molar-refractivity contribution in [3.63, 3.8) is 0 Å². The van der Waals surface area contributed by atoms with Crippen molar-refractivity contribution in [1.29, 1.82) is 0 Å². The van der Waals surface area contributed by atoms with Crippen LogP contribution < -0.4 is 20.4 Å². The molecule has 0 spiro atoms. The highest BCUT2D eigenvalue weighted by molar-refractivity contribution is 5.97. The minimum absolute atomic E-state index is 0.0198. The van der Waals surface area contributed by atoms with Crippen LogP contribution in [0.2, 0.25) is 0 Å². The summed E-state index contributed by atoms with van der Waals surface area (Å²) < 4.78 is 43.9. The molecule has 226 valence electrons. The van der Waals surface area contributed by atoms with Gasteiger partial charge in [0.25, 0.3) is 0 Å². The van der Waals surface area contributed by atoms with Gasteiger partial charge in [0.2, 0.25) is 5.91 Å². The van der Waals surface area contributed by atoms with Gasteiger partial charge in [-0.3, -0.25) is 9.69 Å². The summed E-state index contributed by atoms with van der Waals surface area (Å²) in [5.41, 5.74) is 2.88. The summed E-state index contributed by atoms with van der Waals surface area (Å²) in [6.07, 6.45) is -6.06. The van der Waals surface area contributed by atoms with Crippen LogP contribution in [0.5, 0.6) is 0 Å². The van der Waals surface area contributed by atoms with E-state index in [0.29, 0.717) is 50.0 Å². The van der Waals surface area contributed by atoms with Gasteiger partial charge in [0, 0.05) is 51.3 Å². The Morgan fingerprint density at radius 3 is 2.55 bits per heavy atom. The van der Waals surface area contributed by atoms with Crippen LogP contribution in [0.4, 0.5) is 40.1 Å². The molecule has 2 atom stereocenters. The summed E-state index contributed by atoms with van der Waals surface area (Å²) in [5, 5.41) is 14.3. The van der Waals surface area contributed by atoms with Gasteiger partial charge >= 0.3 is 18.3 Å². The SMILES string of the molecule is Cc1ccc(NC(=O)N2CCC(CC(F)(F)F)C2)cc1-c1cc(N2CCOCC2)nc(N2CC(NC(=O)O)CC2=O)c1. The lowest BCUT2D eigenvalue weighted by Crippen LogP contribution is -2.38. The number of halogens is 3. The molecule has 1 aromatic carbocycles. The number of aryl methyl sites for hydroxylation is 1. The van der Waals surface area contributed by atoms with Crippen molar-refractivity contribution in [2.45, 2.75) is 38.4 Å². The van der Waals surface area contributed by atoms with Crippen LogP contribution in [-0.4, -0.2) is 91.2 Å². The van der Waals surface area contributed by atoms with E-state index in [9.17, 15) is 27.6 Å². The third-order valence-corrected chi connectivity index (χ3v) is 7.76. The summed E-state index contributed by atoms with van der Waals surface area (Å²) in [6.45, 7) is 4.60. The van der Waals surface area contributed by atoms with Crippen molar-refractivity contribution in [3.05, 3.63) is 35.9 Å². The lowest BCUT2D eigenvalue weighted by molar-refractivity contribution is -0.143. The quantitative estimate of drug-likeness (QED) is 0.463. The molecule has 2 aromatic rings. The molecule has 5 rings (SSSR count). The minimum atomic E-state index is -4.26. The largest absolute Gasteiger partial charge is 0.465 e. The number of nitrogens with one attached hydrogen (secondary N) is 2. The van der Waals surface area contributed by atoms with Crippen LogP contribution in [-0.2, 0) is 9.53 Å². The number of rotatable bonds is 6. The normalized spacial score (nSPS) is 21.1. The maximum Gasteiger partial charge on any atom is 0.404 e. The number of nitrogens with zero attached hydrogens (tertiary/aromatic N) is 4. The number of morpholine rings is 1. The van der Waals surface area contributed by atoms with Crippen LogP contribution in [0.25, 0.3) is 11.1 Å². The Kier molecular flexibility index (Phi) is 8.43. The van der Waals surface area contributed by atoms with E-state index in [1.165, 1.54) is 9.80 Å². The highest BCUT2D eigenvalue weighted by Crippen LogP contribution is 2.34. The van der Waals surface area contributed by atoms with E-state index in [0.717, 1.165) is 16.7 Å². The van der Waals surface area contributed by atoms with Gasteiger partial charge < -0.3 is 30.3 Å². The Balaban J connectivity index is 1.41. The fraction of sp³-hybridized carbons (Fsp3) is 0.500. The van der Waals surface area contributed by atoms with Gasteiger partial charge in [-0.25, -0.2) is 14.6 Å². The molecular formula is C28H33F3N6O5. The van der Waals surface area contributed by atoms with Gasteiger partial charge in [-0.15, -0.1) is 0 Å². The molecule has 3 aliphatic rings. The Hall–Kier alpha value is -4.07. The van der Waals surface area contributed by atoms with Gasteiger partial charge in [0.05, 0.1) is 19.3 Å². The lowest BCUT2D eigenvalue weighted by atomic mass is 10.00. The van der Waals surface area contributed by atoms with E-state index < -0.39 is 36.7 Å². The van der Waals surface area contributed by atoms with Gasteiger partial charge in [0.15, 0.2) is 0 Å². The molecule has 11 nitrogen and oxygen atoms in total. The molecule has 42 heavy (non-hydrogen) atoms. The topological polar surface area (TPSA) is 127 Å². The van der Waals surface area contributed by atoms with Gasteiger partial charge in [-0.1, -0.05) is 6.07 Å². The molecule has 3 fully saturated rings. The van der Waals surface area contributed by atoms with Crippen molar-refractivity contribution in [2.24, 2.45) is 5.92 Å². The van der Waals surface area contributed by atoms with Gasteiger partial charge in [-0.2, -0.15) is 13.2 Å². The van der Waals surface area contributed by atoms with E-state index in [-0.39, 0.29) is 32.0 Å². The molecular weight excluding hydrogens is 557 g/mol. The van der Waals surface area contributed by atoms with Crippen molar-refractivity contribution >= 4 is 35.4 Å². The Labute approximate surface area is 240 Å². The first kappa shape index (κ1) is 29.4. The Morgan fingerprint density at radius 1 is 1.10 bits per heavy atom. The zero-order chi connectivity index (χ0) is 30.0. The number of benzene rings is 1. The maximum atomic E-state index is 12.9. The fourth-order valence-electron chi connectivity index (χ4n) is 5.67. The number of urea groups is 1. The summed E-state index contributed by atoms with van der Waals surface area (Å²) in [7, 11) is 0. The molecule has 0 bridgehead atoms. The number of likely N-dealkylation sites (tertiary alicyclic amines) is 1. The second kappa shape index (κ2) is 12.0. The van der Waals surface area contributed by atoms with E-state index in [1.807, 2.05) is 19.1 Å². The van der Waals surface area contributed by atoms with Crippen molar-refractivity contribution < 1.29 is 37.4 Å². The van der Waals surface area contributed by atoms with E-state index in [4.69, 9.17) is 14.8 Å². The molecule has 4 heterocycles. The predicted molar refractivity (Wildman–Crippen MR) is 149 cm³/mol. The zero-order valence-electron chi connectivity index (χ0n) is 23.1. The van der Waals surface area contributed by atoms with Crippen LogP contribution in [0.15, 0.2) is 30.3 Å². The second-order valence-corrected chi connectivity index (χ2v) is 10.9. The van der Waals surface area contributed by atoms with Gasteiger partial charge in [-0.05, 0) is 60.2 Å². The number of aromatic nitrogens is 1. The number of anilines is 3. The number of carboxylic acid groups (broad SMARTS) is 1. The number of carbonyl (C=O) groups is 3. The monoisotopic (exact) mass is 590 g/mol. The lowest BCUT2D eigenvalue weighted by Gasteiger charge is -2.29. The molecule has 4 amide bonds. The molecule has 0 radical (unpaired) electrons. The molecule has 3 N–H and O–H groups in total. The first-order valence-electron chi connectivity index (χ1n) is 13.8. The van der Waals surface area contributed by atoms with Gasteiger partial charge in [0.1, 0.15) is 11.6 Å². The van der Waals surface area contributed by atoms with Crippen LogP contribution in [0, 0.1) is 12.8 Å². The van der Waals surface area contributed by atoms with Crippen molar-refractivity contribution in [1.82, 2.24) is 15.2 Å². The number of alkyl halides is 3. The van der Waals surface area contributed by atoms with E-state index in [2.05, 4.69) is 15.5 Å². The average molecular weight is 591 g/mol. The van der Waals surface area contributed by atoms with E-state index in [1.54, 1.807) is 18.2 Å². The Bertz CT molecular complexity index is 1350. The number of ether oxygens (including phenoxy) is 1. The number of pyridine rings is 1. The minimum Gasteiger partial charge on any atom is -0.465 e. The van der Waals surface area contributed by atoms with Crippen LogP contribution in [0.1, 0.15) is 24.8 Å². The molecule has 1 aromatic heterocycles. The van der Waals surface area contributed by atoms with Crippen LogP contribution >= 0.6 is 0 Å². The van der Waals surface area contributed by atoms with E-state index >= 15 is 0 Å². The number of carbonyl (C=O) groups excluding carboxylic acids is 2. The third kappa shape index (κ3) is 7.04. The first-order valence-corrected chi connectivity index (χ1v) is 13.8. The number of hydrogen-bond donors (Lipinski definition) is 3. The summed E-state index contributed by atoms with van der Waals surface area (Å²) in [4.78, 5) is 46.6. The maximum absolute atomic E-state index is 12.9.